The van der Waals surface area contributed by atoms with Crippen LogP contribution in [0, 0.1) is 13.8 Å². The van der Waals surface area contributed by atoms with E-state index in [9.17, 15) is 0 Å². The molecule has 0 aliphatic carbocycles. The van der Waals surface area contributed by atoms with Crippen LogP contribution >= 0.6 is 0 Å². The molecule has 4 heteroatoms. The Hall–Kier alpha value is -0.870. The van der Waals surface area contributed by atoms with Crippen molar-refractivity contribution in [2.45, 2.75) is 46.6 Å². The van der Waals surface area contributed by atoms with E-state index in [1.54, 1.807) is 0 Å². The fourth-order valence-corrected chi connectivity index (χ4v) is 1.93. The summed E-state index contributed by atoms with van der Waals surface area (Å²) in [5.74, 6) is 0. The molecule has 0 amide bonds. The van der Waals surface area contributed by atoms with E-state index in [-0.39, 0.29) is 0 Å². The number of aromatic nitrogens is 2. The lowest BCUT2D eigenvalue weighted by molar-refractivity contribution is 0.129. The van der Waals surface area contributed by atoms with E-state index >= 15 is 0 Å². The molecule has 1 aromatic rings. The summed E-state index contributed by atoms with van der Waals surface area (Å²) in [6, 6.07) is 0. The van der Waals surface area contributed by atoms with Crippen LogP contribution < -0.4 is 5.32 Å². The van der Waals surface area contributed by atoms with Crippen molar-refractivity contribution in [3.63, 3.8) is 0 Å². The minimum absolute atomic E-state index is 0.859. The summed E-state index contributed by atoms with van der Waals surface area (Å²) in [6.07, 6.45) is 3.45. The van der Waals surface area contributed by atoms with Crippen LogP contribution in [0.2, 0.25) is 0 Å². The number of aryl methyl sites for hydroxylation is 2. The second-order valence-electron chi connectivity index (χ2n) is 4.77. The van der Waals surface area contributed by atoms with Gasteiger partial charge < -0.3 is 10.1 Å². The zero-order chi connectivity index (χ0) is 13.4. The summed E-state index contributed by atoms with van der Waals surface area (Å²) in [6.45, 7) is 10.0. The molecule has 0 aromatic carbocycles. The van der Waals surface area contributed by atoms with Crippen LogP contribution in [0.4, 0.5) is 0 Å². The predicted molar refractivity (Wildman–Crippen MR) is 74.7 cm³/mol. The van der Waals surface area contributed by atoms with E-state index in [2.05, 4.69) is 31.2 Å². The third-order valence-electron chi connectivity index (χ3n) is 3.25. The molecule has 0 atom stereocenters. The summed E-state index contributed by atoms with van der Waals surface area (Å²) in [5, 5.41) is 7.87. The third-order valence-corrected chi connectivity index (χ3v) is 3.25. The van der Waals surface area contributed by atoms with Crippen LogP contribution in [0.1, 0.15) is 43.1 Å². The van der Waals surface area contributed by atoms with Crippen molar-refractivity contribution in [1.29, 1.82) is 0 Å². The Morgan fingerprint density at radius 2 is 1.94 bits per heavy atom. The normalized spacial score (nSPS) is 11.1. The highest BCUT2D eigenvalue weighted by molar-refractivity contribution is 5.23. The molecule has 0 radical (unpaired) electrons. The van der Waals surface area contributed by atoms with Gasteiger partial charge in [-0.3, -0.25) is 4.68 Å². The van der Waals surface area contributed by atoms with Crippen molar-refractivity contribution >= 4 is 0 Å². The Morgan fingerprint density at radius 3 is 2.56 bits per heavy atom. The fourth-order valence-electron chi connectivity index (χ4n) is 1.93. The molecular formula is C14H27N3O. The molecule has 1 rings (SSSR count). The number of hydrogen-bond donors (Lipinski definition) is 1. The maximum Gasteiger partial charge on any atom is 0.0641 e. The van der Waals surface area contributed by atoms with E-state index in [4.69, 9.17) is 4.74 Å². The zero-order valence-corrected chi connectivity index (χ0v) is 12.3. The molecule has 0 bridgehead atoms. The molecule has 1 N–H and O–H groups in total. The summed E-state index contributed by atoms with van der Waals surface area (Å²) in [5.41, 5.74) is 3.70. The number of unbranched alkanes of at least 4 members (excludes halogenated alkanes) is 1. The summed E-state index contributed by atoms with van der Waals surface area (Å²) in [4.78, 5) is 0. The highest BCUT2D eigenvalue weighted by Crippen LogP contribution is 2.10. The van der Waals surface area contributed by atoms with Gasteiger partial charge in [0.15, 0.2) is 0 Å². The molecule has 4 nitrogen and oxygen atoms in total. The maximum absolute atomic E-state index is 5.52. The van der Waals surface area contributed by atoms with E-state index in [0.717, 1.165) is 38.4 Å². The zero-order valence-electron chi connectivity index (χ0n) is 12.3. The molecule has 0 saturated carbocycles. The third kappa shape index (κ3) is 4.78. The minimum atomic E-state index is 0.859. The summed E-state index contributed by atoms with van der Waals surface area (Å²) < 4.78 is 7.47. The molecular weight excluding hydrogens is 226 g/mol. The molecule has 1 heterocycles. The molecule has 1 aromatic heterocycles. The number of ether oxygens (including phenoxy) is 1. The average Bonchev–Trinajstić information content (AvgIpc) is 2.58. The average molecular weight is 253 g/mol. The molecule has 18 heavy (non-hydrogen) atoms. The van der Waals surface area contributed by atoms with E-state index in [1.165, 1.54) is 24.1 Å². The largest absolute Gasteiger partial charge is 0.381 e. The second kappa shape index (κ2) is 8.27. The minimum Gasteiger partial charge on any atom is -0.381 e. The standard InChI is InChI=1S/C14H27N3O/c1-5-6-9-18-10-7-8-15-11-14-12(2)16-17(4)13(14)3/h15H,5-11H2,1-4H3. The van der Waals surface area contributed by atoms with Crippen LogP contribution in [-0.4, -0.2) is 29.5 Å². The number of rotatable bonds is 9. The summed E-state index contributed by atoms with van der Waals surface area (Å²) >= 11 is 0. The Balaban J connectivity index is 2.11. The Kier molecular flexibility index (Phi) is 6.98. The summed E-state index contributed by atoms with van der Waals surface area (Å²) in [7, 11) is 1.99. The lowest BCUT2D eigenvalue weighted by Gasteiger charge is -2.06. The van der Waals surface area contributed by atoms with E-state index in [1.807, 2.05) is 11.7 Å². The van der Waals surface area contributed by atoms with Gasteiger partial charge in [0.05, 0.1) is 5.69 Å². The number of nitrogens with one attached hydrogen (secondary N) is 1. The van der Waals surface area contributed by atoms with Gasteiger partial charge in [0.25, 0.3) is 0 Å². The maximum atomic E-state index is 5.52. The van der Waals surface area contributed by atoms with Crippen molar-refractivity contribution in [2.24, 2.45) is 7.05 Å². The van der Waals surface area contributed by atoms with Gasteiger partial charge in [-0.15, -0.1) is 0 Å². The molecule has 0 spiro atoms. The fraction of sp³-hybridized carbons (Fsp3) is 0.786. The Labute approximate surface area is 111 Å². The van der Waals surface area contributed by atoms with E-state index < -0.39 is 0 Å². The van der Waals surface area contributed by atoms with Gasteiger partial charge in [0.1, 0.15) is 0 Å². The molecule has 0 unspecified atom stereocenters. The first-order valence-electron chi connectivity index (χ1n) is 6.94. The monoisotopic (exact) mass is 253 g/mol. The second-order valence-corrected chi connectivity index (χ2v) is 4.77. The quantitative estimate of drug-likeness (QED) is 0.687. The SMILES string of the molecule is CCCCOCCCNCc1c(C)nn(C)c1C. The molecule has 0 fully saturated rings. The van der Waals surface area contributed by atoms with Gasteiger partial charge >= 0.3 is 0 Å². The number of hydrogen-bond acceptors (Lipinski definition) is 3. The van der Waals surface area contributed by atoms with Gasteiger partial charge in [-0.1, -0.05) is 13.3 Å². The lowest BCUT2D eigenvalue weighted by atomic mass is 10.2. The van der Waals surface area contributed by atoms with Crippen LogP contribution in [0.15, 0.2) is 0 Å². The number of nitrogens with zero attached hydrogens (tertiary/aromatic N) is 2. The van der Waals surface area contributed by atoms with E-state index in [0.29, 0.717) is 0 Å². The Bertz CT molecular complexity index is 347. The molecule has 0 aliphatic heterocycles. The first kappa shape index (κ1) is 15.2. The molecule has 104 valence electrons. The molecule has 0 aliphatic rings. The first-order valence-corrected chi connectivity index (χ1v) is 6.94. The van der Waals surface area contributed by atoms with Gasteiger partial charge in [-0.25, -0.2) is 0 Å². The highest BCUT2D eigenvalue weighted by Gasteiger charge is 2.07. The Morgan fingerprint density at radius 1 is 1.22 bits per heavy atom. The van der Waals surface area contributed by atoms with Crippen molar-refractivity contribution in [2.75, 3.05) is 19.8 Å². The van der Waals surface area contributed by atoms with Gasteiger partial charge in [-0.2, -0.15) is 5.10 Å². The van der Waals surface area contributed by atoms with Gasteiger partial charge in [0, 0.05) is 38.1 Å². The van der Waals surface area contributed by atoms with Crippen LogP contribution in [-0.2, 0) is 18.3 Å². The van der Waals surface area contributed by atoms with Crippen LogP contribution in [0.5, 0.6) is 0 Å². The van der Waals surface area contributed by atoms with Crippen LogP contribution in [0.25, 0.3) is 0 Å². The van der Waals surface area contributed by atoms with Crippen LogP contribution in [0.3, 0.4) is 0 Å². The first-order chi connectivity index (χ1) is 8.66. The topological polar surface area (TPSA) is 39.1 Å². The van der Waals surface area contributed by atoms with Gasteiger partial charge in [0.2, 0.25) is 0 Å². The van der Waals surface area contributed by atoms with Crippen molar-refractivity contribution < 1.29 is 4.74 Å². The van der Waals surface area contributed by atoms with Crippen molar-refractivity contribution in [3.8, 4) is 0 Å². The van der Waals surface area contributed by atoms with Crippen molar-refractivity contribution in [3.05, 3.63) is 17.0 Å². The highest BCUT2D eigenvalue weighted by atomic mass is 16.5. The lowest BCUT2D eigenvalue weighted by Crippen LogP contribution is -2.17. The predicted octanol–water partition coefficient (Wildman–Crippen LogP) is 2.33. The van der Waals surface area contributed by atoms with Crippen molar-refractivity contribution in [1.82, 2.24) is 15.1 Å². The molecule has 0 saturated heterocycles. The smallest absolute Gasteiger partial charge is 0.0641 e. The van der Waals surface area contributed by atoms with Gasteiger partial charge in [-0.05, 0) is 33.2 Å².